The molecule has 4 nitrogen and oxygen atoms in total. The van der Waals surface area contributed by atoms with Crippen LogP contribution in [0.2, 0.25) is 0 Å². The van der Waals surface area contributed by atoms with Gasteiger partial charge in [-0.05, 0) is 102 Å². The number of rotatable bonds is 13. The van der Waals surface area contributed by atoms with Crippen molar-refractivity contribution in [3.8, 4) is 0 Å². The molecule has 29 heavy (non-hydrogen) atoms. The third-order valence-corrected chi connectivity index (χ3v) is 6.33. The van der Waals surface area contributed by atoms with Crippen molar-refractivity contribution in [1.82, 2.24) is 0 Å². The fourth-order valence-corrected chi connectivity index (χ4v) is 3.74. The van der Waals surface area contributed by atoms with E-state index in [4.69, 9.17) is 0 Å². The van der Waals surface area contributed by atoms with Gasteiger partial charge in [-0.25, -0.2) is 0 Å². The van der Waals surface area contributed by atoms with Gasteiger partial charge in [0, 0.05) is 0 Å². The maximum absolute atomic E-state index is 11.2. The molecule has 0 unspecified atom stereocenters. The van der Waals surface area contributed by atoms with Gasteiger partial charge in [0.05, 0.1) is 10.8 Å². The molecule has 0 aliphatic carbocycles. The Morgan fingerprint density at radius 3 is 1.76 bits per heavy atom. The second-order valence-corrected chi connectivity index (χ2v) is 9.79. The molecule has 0 radical (unpaired) electrons. The van der Waals surface area contributed by atoms with Crippen molar-refractivity contribution in [2.45, 2.75) is 99.3 Å². The van der Waals surface area contributed by atoms with Crippen LogP contribution in [0.15, 0.2) is 12.1 Å². The summed E-state index contributed by atoms with van der Waals surface area (Å²) in [5, 5.41) is 18.4. The van der Waals surface area contributed by atoms with Crippen LogP contribution >= 0.6 is 0 Å². The molecular weight excluding hydrogens is 364 g/mol. The molecular formula is C25H40O4. The van der Waals surface area contributed by atoms with Crippen molar-refractivity contribution in [3.63, 3.8) is 0 Å². The van der Waals surface area contributed by atoms with Crippen LogP contribution in [0.25, 0.3) is 0 Å². The number of unbranched alkanes of at least 4 members (excludes halogenated alkanes) is 3. The molecule has 1 aromatic rings. The second-order valence-electron chi connectivity index (χ2n) is 9.79. The number of carboxylic acids is 2. The first kappa shape index (κ1) is 25.2. The van der Waals surface area contributed by atoms with E-state index in [1.165, 1.54) is 22.3 Å². The Kier molecular flexibility index (Phi) is 9.38. The van der Waals surface area contributed by atoms with E-state index in [9.17, 15) is 19.8 Å². The molecule has 0 aliphatic rings. The molecule has 0 saturated carbocycles. The number of benzene rings is 1. The standard InChI is InChI=1S/C25H40O4/c1-18-14-15-20(12-8-7-10-16-24(3,4)22(26)27)19(2)21(18)13-9-11-17-25(5,6)23(28)29/h14-15H,7-13,16-17H2,1-6H3,(H,26,27)(H,28,29). The molecule has 0 heterocycles. The number of carbonyl (C=O) groups is 2. The quantitative estimate of drug-likeness (QED) is 0.376. The number of hydrogen-bond acceptors (Lipinski definition) is 2. The van der Waals surface area contributed by atoms with Gasteiger partial charge in [-0.3, -0.25) is 9.59 Å². The van der Waals surface area contributed by atoms with Crippen molar-refractivity contribution in [1.29, 1.82) is 0 Å². The Morgan fingerprint density at radius 2 is 1.24 bits per heavy atom. The summed E-state index contributed by atoms with van der Waals surface area (Å²) in [5.41, 5.74) is 4.18. The van der Waals surface area contributed by atoms with Crippen molar-refractivity contribution < 1.29 is 19.8 Å². The van der Waals surface area contributed by atoms with Crippen LogP contribution < -0.4 is 0 Å². The maximum Gasteiger partial charge on any atom is 0.309 e. The molecule has 0 amide bonds. The largest absolute Gasteiger partial charge is 0.481 e. The van der Waals surface area contributed by atoms with Crippen molar-refractivity contribution in [2.24, 2.45) is 10.8 Å². The second kappa shape index (κ2) is 10.8. The van der Waals surface area contributed by atoms with Gasteiger partial charge < -0.3 is 10.2 Å². The van der Waals surface area contributed by atoms with Crippen LogP contribution in [0.1, 0.15) is 94.9 Å². The van der Waals surface area contributed by atoms with Crippen LogP contribution in [0.3, 0.4) is 0 Å². The summed E-state index contributed by atoms with van der Waals surface area (Å²) in [6.45, 7) is 11.5. The van der Waals surface area contributed by atoms with Gasteiger partial charge in [-0.15, -0.1) is 0 Å². The zero-order valence-corrected chi connectivity index (χ0v) is 19.2. The van der Waals surface area contributed by atoms with E-state index in [1.807, 2.05) is 0 Å². The summed E-state index contributed by atoms with van der Waals surface area (Å²) < 4.78 is 0. The Labute approximate surface area is 176 Å². The number of aliphatic carboxylic acids is 2. The lowest BCUT2D eigenvalue weighted by Gasteiger charge is -2.19. The van der Waals surface area contributed by atoms with Crippen LogP contribution in [-0.4, -0.2) is 22.2 Å². The zero-order valence-electron chi connectivity index (χ0n) is 19.2. The fraction of sp³-hybridized carbons (Fsp3) is 0.680. The normalized spacial score (nSPS) is 12.2. The minimum absolute atomic E-state index is 0.637. The maximum atomic E-state index is 11.2. The first-order valence-electron chi connectivity index (χ1n) is 10.9. The van der Waals surface area contributed by atoms with Gasteiger partial charge >= 0.3 is 11.9 Å². The van der Waals surface area contributed by atoms with Crippen LogP contribution in [0.5, 0.6) is 0 Å². The van der Waals surface area contributed by atoms with Gasteiger partial charge in [0.1, 0.15) is 0 Å². The lowest BCUT2D eigenvalue weighted by Crippen LogP contribution is -2.23. The first-order valence-corrected chi connectivity index (χ1v) is 10.9. The van der Waals surface area contributed by atoms with Gasteiger partial charge in [-0.2, -0.15) is 0 Å². The number of hydrogen-bond donors (Lipinski definition) is 2. The molecule has 4 heteroatoms. The molecule has 2 N–H and O–H groups in total. The average molecular weight is 405 g/mol. The molecule has 0 aliphatic heterocycles. The summed E-state index contributed by atoms with van der Waals surface area (Å²) in [7, 11) is 0. The Morgan fingerprint density at radius 1 is 0.759 bits per heavy atom. The molecule has 0 fully saturated rings. The monoisotopic (exact) mass is 404 g/mol. The molecule has 0 atom stereocenters. The summed E-state index contributed by atoms with van der Waals surface area (Å²) in [5.74, 6) is -1.44. The molecule has 0 bridgehead atoms. The van der Waals surface area contributed by atoms with E-state index in [0.717, 1.165) is 44.9 Å². The van der Waals surface area contributed by atoms with Gasteiger partial charge in [0.25, 0.3) is 0 Å². The molecule has 0 aromatic heterocycles. The molecule has 0 spiro atoms. The van der Waals surface area contributed by atoms with Gasteiger partial charge in [-0.1, -0.05) is 31.4 Å². The minimum atomic E-state index is -0.724. The zero-order chi connectivity index (χ0) is 22.2. The summed E-state index contributed by atoms with van der Waals surface area (Å²) in [6, 6.07) is 4.43. The summed E-state index contributed by atoms with van der Waals surface area (Å²) in [4.78, 5) is 22.4. The van der Waals surface area contributed by atoms with Crippen molar-refractivity contribution in [3.05, 3.63) is 34.4 Å². The van der Waals surface area contributed by atoms with E-state index in [-0.39, 0.29) is 0 Å². The lowest BCUT2D eigenvalue weighted by atomic mass is 9.85. The highest BCUT2D eigenvalue weighted by Crippen LogP contribution is 2.27. The minimum Gasteiger partial charge on any atom is -0.481 e. The van der Waals surface area contributed by atoms with E-state index < -0.39 is 22.8 Å². The SMILES string of the molecule is Cc1ccc(CCCCCC(C)(C)C(=O)O)c(C)c1CCCCC(C)(C)C(=O)O. The van der Waals surface area contributed by atoms with Gasteiger partial charge in [0.15, 0.2) is 0 Å². The van der Waals surface area contributed by atoms with Crippen LogP contribution in [0, 0.1) is 24.7 Å². The Bertz CT molecular complexity index is 701. The highest BCUT2D eigenvalue weighted by Gasteiger charge is 2.26. The highest BCUT2D eigenvalue weighted by atomic mass is 16.4. The third-order valence-electron chi connectivity index (χ3n) is 6.33. The third kappa shape index (κ3) is 7.83. The summed E-state index contributed by atoms with van der Waals surface area (Å²) >= 11 is 0. The number of carboxylic acid groups (broad SMARTS) is 2. The topological polar surface area (TPSA) is 74.6 Å². The highest BCUT2D eigenvalue weighted by molar-refractivity contribution is 5.73. The van der Waals surface area contributed by atoms with E-state index in [1.54, 1.807) is 27.7 Å². The van der Waals surface area contributed by atoms with Crippen LogP contribution in [0.4, 0.5) is 0 Å². The smallest absolute Gasteiger partial charge is 0.309 e. The van der Waals surface area contributed by atoms with E-state index in [2.05, 4.69) is 26.0 Å². The average Bonchev–Trinajstić information content (AvgIpc) is 2.62. The molecule has 0 saturated heterocycles. The molecule has 1 aromatic carbocycles. The predicted molar refractivity (Wildman–Crippen MR) is 118 cm³/mol. The Hall–Kier alpha value is -1.84. The fourth-order valence-electron chi connectivity index (χ4n) is 3.74. The van der Waals surface area contributed by atoms with Crippen LogP contribution in [-0.2, 0) is 22.4 Å². The molecule has 1 rings (SSSR count). The lowest BCUT2D eigenvalue weighted by molar-refractivity contribution is -0.148. The van der Waals surface area contributed by atoms with E-state index in [0.29, 0.717) is 12.8 Å². The Balaban J connectivity index is 2.54. The van der Waals surface area contributed by atoms with Gasteiger partial charge in [0.2, 0.25) is 0 Å². The first-order chi connectivity index (χ1) is 13.4. The van der Waals surface area contributed by atoms with Crippen molar-refractivity contribution >= 4 is 11.9 Å². The predicted octanol–water partition coefficient (Wildman–Crippen LogP) is 6.34. The van der Waals surface area contributed by atoms with Crippen molar-refractivity contribution in [2.75, 3.05) is 0 Å². The van der Waals surface area contributed by atoms with E-state index >= 15 is 0 Å². The number of aryl methyl sites for hydroxylation is 2. The summed E-state index contributed by atoms with van der Waals surface area (Å²) in [6.07, 6.45) is 8.42. The molecule has 164 valence electrons.